The minimum absolute atomic E-state index is 0.250. The summed E-state index contributed by atoms with van der Waals surface area (Å²) in [6, 6.07) is 0. The lowest BCUT2D eigenvalue weighted by atomic mass is 10.0. The zero-order valence-electron chi connectivity index (χ0n) is 8.78. The molecule has 3 heteroatoms. The molecule has 0 aromatic carbocycles. The molecule has 0 saturated heterocycles. The van der Waals surface area contributed by atoms with Crippen LogP contribution in [0.25, 0.3) is 0 Å². The van der Waals surface area contributed by atoms with E-state index in [-0.39, 0.29) is 6.61 Å². The number of allylic oxidation sites excluding steroid dienone is 2. The Bertz CT molecular complexity index is 175. The number of hydrogen-bond donors (Lipinski definition) is 2. The van der Waals surface area contributed by atoms with Crippen LogP contribution < -0.4 is 0 Å². The van der Waals surface area contributed by atoms with E-state index in [0.717, 1.165) is 25.7 Å². The predicted octanol–water partition coefficient (Wildman–Crippen LogP) is 2.21. The fourth-order valence-corrected chi connectivity index (χ4v) is 1.23. The highest BCUT2D eigenvalue weighted by Gasteiger charge is 2.14. The van der Waals surface area contributed by atoms with Gasteiger partial charge in [0.1, 0.15) is 0 Å². The van der Waals surface area contributed by atoms with Crippen molar-refractivity contribution in [2.24, 2.45) is 5.92 Å². The number of carboxylic acids is 1. The van der Waals surface area contributed by atoms with Gasteiger partial charge in [0, 0.05) is 0 Å². The molecule has 0 aromatic rings. The Balaban J connectivity index is 3.42. The summed E-state index contributed by atoms with van der Waals surface area (Å²) >= 11 is 0. The molecular weight excluding hydrogens is 180 g/mol. The largest absolute Gasteiger partial charge is 0.481 e. The SMILES string of the molecule is CCC=CCCCCC(CO)C(=O)O. The van der Waals surface area contributed by atoms with Crippen molar-refractivity contribution in [3.8, 4) is 0 Å². The van der Waals surface area contributed by atoms with E-state index < -0.39 is 11.9 Å². The minimum Gasteiger partial charge on any atom is -0.481 e. The third-order valence-electron chi connectivity index (χ3n) is 2.15. The lowest BCUT2D eigenvalue weighted by molar-refractivity contribution is -0.143. The fraction of sp³-hybridized carbons (Fsp3) is 0.727. The third-order valence-corrected chi connectivity index (χ3v) is 2.15. The van der Waals surface area contributed by atoms with Crippen LogP contribution >= 0.6 is 0 Å². The van der Waals surface area contributed by atoms with E-state index in [4.69, 9.17) is 10.2 Å². The molecule has 0 fully saturated rings. The highest BCUT2D eigenvalue weighted by Crippen LogP contribution is 2.10. The molecule has 0 radical (unpaired) electrons. The average molecular weight is 200 g/mol. The summed E-state index contributed by atoms with van der Waals surface area (Å²) in [7, 11) is 0. The standard InChI is InChI=1S/C11H20O3/c1-2-3-4-5-6-7-8-10(9-12)11(13)14/h3-4,10,12H,2,5-9H2,1H3,(H,13,14). The predicted molar refractivity (Wildman–Crippen MR) is 56.1 cm³/mol. The van der Waals surface area contributed by atoms with Crippen LogP contribution in [0.1, 0.15) is 39.0 Å². The lowest BCUT2D eigenvalue weighted by Gasteiger charge is -2.07. The average Bonchev–Trinajstić information content (AvgIpc) is 2.16. The second-order valence-electron chi connectivity index (χ2n) is 3.38. The number of hydrogen-bond acceptors (Lipinski definition) is 2. The minimum atomic E-state index is -0.892. The molecule has 2 N–H and O–H groups in total. The van der Waals surface area contributed by atoms with Gasteiger partial charge in [-0.25, -0.2) is 0 Å². The summed E-state index contributed by atoms with van der Waals surface area (Å²) in [6.45, 7) is 1.84. The summed E-state index contributed by atoms with van der Waals surface area (Å²) in [5, 5.41) is 17.4. The van der Waals surface area contributed by atoms with Crippen molar-refractivity contribution in [3.05, 3.63) is 12.2 Å². The number of aliphatic hydroxyl groups excluding tert-OH is 1. The first-order valence-electron chi connectivity index (χ1n) is 5.21. The fourth-order valence-electron chi connectivity index (χ4n) is 1.23. The Morgan fingerprint density at radius 2 is 2.07 bits per heavy atom. The van der Waals surface area contributed by atoms with Gasteiger partial charge in [-0.1, -0.05) is 25.5 Å². The number of carboxylic acid groups (broad SMARTS) is 1. The quantitative estimate of drug-likeness (QED) is 0.466. The number of aliphatic hydroxyl groups is 1. The maximum atomic E-state index is 10.5. The third kappa shape index (κ3) is 6.66. The molecule has 1 unspecified atom stereocenters. The van der Waals surface area contributed by atoms with Gasteiger partial charge in [-0.2, -0.15) is 0 Å². The van der Waals surface area contributed by atoms with Crippen molar-refractivity contribution in [2.45, 2.75) is 39.0 Å². The maximum absolute atomic E-state index is 10.5. The Hall–Kier alpha value is -0.830. The Morgan fingerprint density at radius 1 is 1.36 bits per heavy atom. The van der Waals surface area contributed by atoms with E-state index in [1.54, 1.807) is 0 Å². The molecule has 0 aliphatic heterocycles. The van der Waals surface area contributed by atoms with Gasteiger partial charge >= 0.3 is 5.97 Å². The van der Waals surface area contributed by atoms with Gasteiger partial charge in [0.15, 0.2) is 0 Å². The molecular formula is C11H20O3. The van der Waals surface area contributed by atoms with E-state index in [2.05, 4.69) is 19.1 Å². The second kappa shape index (κ2) is 8.75. The van der Waals surface area contributed by atoms with Crippen LogP contribution in [0.5, 0.6) is 0 Å². The van der Waals surface area contributed by atoms with Crippen LogP contribution in [0.4, 0.5) is 0 Å². The Morgan fingerprint density at radius 3 is 2.57 bits per heavy atom. The van der Waals surface area contributed by atoms with Crippen molar-refractivity contribution >= 4 is 5.97 Å². The highest BCUT2D eigenvalue weighted by molar-refractivity contribution is 5.69. The summed E-state index contributed by atoms with van der Waals surface area (Å²) < 4.78 is 0. The van der Waals surface area contributed by atoms with Crippen molar-refractivity contribution in [1.82, 2.24) is 0 Å². The Kier molecular flexibility index (Phi) is 8.24. The van der Waals surface area contributed by atoms with Crippen LogP contribution in [-0.2, 0) is 4.79 Å². The van der Waals surface area contributed by atoms with E-state index in [1.165, 1.54) is 0 Å². The van der Waals surface area contributed by atoms with E-state index in [9.17, 15) is 4.79 Å². The van der Waals surface area contributed by atoms with E-state index >= 15 is 0 Å². The van der Waals surface area contributed by atoms with Crippen molar-refractivity contribution < 1.29 is 15.0 Å². The molecule has 14 heavy (non-hydrogen) atoms. The van der Waals surface area contributed by atoms with Gasteiger partial charge < -0.3 is 10.2 Å². The topological polar surface area (TPSA) is 57.5 Å². The van der Waals surface area contributed by atoms with Gasteiger partial charge in [0.2, 0.25) is 0 Å². The first-order chi connectivity index (χ1) is 6.72. The smallest absolute Gasteiger partial charge is 0.308 e. The lowest BCUT2D eigenvalue weighted by Crippen LogP contribution is -2.17. The van der Waals surface area contributed by atoms with Crippen LogP contribution in [0.2, 0.25) is 0 Å². The summed E-state index contributed by atoms with van der Waals surface area (Å²) in [6.07, 6.45) is 8.73. The van der Waals surface area contributed by atoms with Gasteiger partial charge in [0.25, 0.3) is 0 Å². The van der Waals surface area contributed by atoms with Crippen molar-refractivity contribution in [3.63, 3.8) is 0 Å². The van der Waals surface area contributed by atoms with Gasteiger partial charge in [-0.15, -0.1) is 0 Å². The molecule has 0 spiro atoms. The molecule has 0 aliphatic carbocycles. The van der Waals surface area contributed by atoms with Crippen LogP contribution in [0, 0.1) is 5.92 Å². The molecule has 0 amide bonds. The molecule has 3 nitrogen and oxygen atoms in total. The van der Waals surface area contributed by atoms with Gasteiger partial charge in [-0.3, -0.25) is 4.79 Å². The highest BCUT2D eigenvalue weighted by atomic mass is 16.4. The molecule has 0 aromatic heterocycles. The molecule has 0 rings (SSSR count). The van der Waals surface area contributed by atoms with Crippen LogP contribution in [-0.4, -0.2) is 22.8 Å². The Labute approximate surface area is 85.4 Å². The molecule has 0 aliphatic rings. The van der Waals surface area contributed by atoms with Crippen LogP contribution in [0.3, 0.4) is 0 Å². The monoisotopic (exact) mass is 200 g/mol. The van der Waals surface area contributed by atoms with E-state index in [1.807, 2.05) is 0 Å². The van der Waals surface area contributed by atoms with Crippen LogP contribution in [0.15, 0.2) is 12.2 Å². The molecule has 1 atom stereocenters. The number of carbonyl (C=O) groups is 1. The first kappa shape index (κ1) is 13.2. The number of aliphatic carboxylic acids is 1. The molecule has 0 saturated carbocycles. The zero-order chi connectivity index (χ0) is 10.8. The summed E-state index contributed by atoms with van der Waals surface area (Å²) in [5.41, 5.74) is 0. The van der Waals surface area contributed by atoms with E-state index in [0.29, 0.717) is 6.42 Å². The summed E-state index contributed by atoms with van der Waals surface area (Å²) in [4.78, 5) is 10.5. The zero-order valence-corrected chi connectivity index (χ0v) is 8.78. The molecule has 82 valence electrons. The molecule has 0 heterocycles. The normalized spacial score (nSPS) is 13.3. The second-order valence-corrected chi connectivity index (χ2v) is 3.38. The van der Waals surface area contributed by atoms with Gasteiger partial charge in [-0.05, 0) is 25.7 Å². The number of unbranched alkanes of at least 4 members (excludes halogenated alkanes) is 2. The molecule has 0 bridgehead atoms. The van der Waals surface area contributed by atoms with Crippen molar-refractivity contribution in [2.75, 3.05) is 6.61 Å². The van der Waals surface area contributed by atoms with Crippen molar-refractivity contribution in [1.29, 1.82) is 0 Å². The number of rotatable bonds is 8. The maximum Gasteiger partial charge on any atom is 0.308 e. The van der Waals surface area contributed by atoms with Gasteiger partial charge in [0.05, 0.1) is 12.5 Å². The first-order valence-corrected chi connectivity index (χ1v) is 5.21. The summed E-state index contributed by atoms with van der Waals surface area (Å²) in [5.74, 6) is -1.47.